The molecule has 1 N–H and O–H groups in total. The minimum atomic E-state index is -0.178. The van der Waals surface area contributed by atoms with E-state index < -0.39 is 0 Å². The third kappa shape index (κ3) is 3.55. The summed E-state index contributed by atoms with van der Waals surface area (Å²) in [5.41, 5.74) is 1.93. The van der Waals surface area contributed by atoms with Crippen molar-refractivity contribution in [3.63, 3.8) is 0 Å². The first kappa shape index (κ1) is 16.6. The maximum absolute atomic E-state index is 13.9. The lowest BCUT2D eigenvalue weighted by Crippen LogP contribution is -2.21. The molecule has 1 saturated heterocycles. The number of benzene rings is 1. The van der Waals surface area contributed by atoms with Gasteiger partial charge in [-0.1, -0.05) is 24.3 Å². The summed E-state index contributed by atoms with van der Waals surface area (Å²) in [6.07, 6.45) is 2.57. The van der Waals surface area contributed by atoms with Gasteiger partial charge in [0.15, 0.2) is 5.82 Å². The average molecular weight is 350 g/mol. The second-order valence-electron chi connectivity index (χ2n) is 6.55. The summed E-state index contributed by atoms with van der Waals surface area (Å²) in [4.78, 5) is 25.9. The predicted molar refractivity (Wildman–Crippen MR) is 97.1 cm³/mol. The molecule has 3 aromatic rings. The SMILES string of the molecule is O=c1cc(C2CCN(Cc3ccccc3F)C2)nc(-c2ccccn2)[nH]1. The van der Waals surface area contributed by atoms with Crippen molar-refractivity contribution in [2.75, 3.05) is 13.1 Å². The molecule has 0 aliphatic carbocycles. The van der Waals surface area contributed by atoms with Crippen LogP contribution in [0, 0.1) is 5.82 Å². The molecule has 6 heteroatoms. The summed E-state index contributed by atoms with van der Waals surface area (Å²) < 4.78 is 13.9. The van der Waals surface area contributed by atoms with Crippen molar-refractivity contribution in [1.29, 1.82) is 0 Å². The topological polar surface area (TPSA) is 61.9 Å². The Labute approximate surface area is 150 Å². The molecule has 1 fully saturated rings. The zero-order valence-electron chi connectivity index (χ0n) is 14.2. The molecular weight excluding hydrogens is 331 g/mol. The van der Waals surface area contributed by atoms with Gasteiger partial charge < -0.3 is 4.98 Å². The van der Waals surface area contributed by atoms with Gasteiger partial charge in [0.2, 0.25) is 0 Å². The first-order valence-corrected chi connectivity index (χ1v) is 8.67. The first-order valence-electron chi connectivity index (χ1n) is 8.67. The van der Waals surface area contributed by atoms with Crippen LogP contribution in [0.15, 0.2) is 59.5 Å². The highest BCUT2D eigenvalue weighted by Crippen LogP contribution is 2.27. The summed E-state index contributed by atoms with van der Waals surface area (Å²) in [6.45, 7) is 2.18. The van der Waals surface area contributed by atoms with E-state index in [-0.39, 0.29) is 17.3 Å². The van der Waals surface area contributed by atoms with E-state index in [1.165, 1.54) is 6.07 Å². The van der Waals surface area contributed by atoms with Crippen LogP contribution in [-0.2, 0) is 6.54 Å². The molecule has 1 aromatic carbocycles. The maximum atomic E-state index is 13.9. The number of nitrogens with one attached hydrogen (secondary N) is 1. The number of rotatable bonds is 4. The van der Waals surface area contributed by atoms with Gasteiger partial charge in [-0.2, -0.15) is 0 Å². The molecule has 0 bridgehead atoms. The lowest BCUT2D eigenvalue weighted by molar-refractivity contribution is 0.320. The van der Waals surface area contributed by atoms with Crippen LogP contribution in [0.4, 0.5) is 4.39 Å². The molecule has 0 spiro atoms. The number of hydrogen-bond donors (Lipinski definition) is 1. The highest BCUT2D eigenvalue weighted by molar-refractivity contribution is 5.48. The number of pyridine rings is 1. The van der Waals surface area contributed by atoms with Crippen molar-refractivity contribution < 1.29 is 4.39 Å². The summed E-state index contributed by atoms with van der Waals surface area (Å²) in [5, 5.41) is 0. The zero-order chi connectivity index (χ0) is 17.9. The van der Waals surface area contributed by atoms with E-state index in [0.29, 0.717) is 23.6 Å². The summed E-state index contributed by atoms with van der Waals surface area (Å²) in [7, 11) is 0. The highest BCUT2D eigenvalue weighted by Gasteiger charge is 2.26. The van der Waals surface area contributed by atoms with E-state index in [4.69, 9.17) is 0 Å². The monoisotopic (exact) mass is 350 g/mol. The first-order chi connectivity index (χ1) is 12.7. The van der Waals surface area contributed by atoms with E-state index in [1.807, 2.05) is 30.3 Å². The lowest BCUT2D eigenvalue weighted by Gasteiger charge is -2.16. The second kappa shape index (κ2) is 7.17. The molecular formula is C20H19FN4O. The fraction of sp³-hybridized carbons (Fsp3) is 0.250. The van der Waals surface area contributed by atoms with Gasteiger partial charge in [0.1, 0.15) is 11.5 Å². The van der Waals surface area contributed by atoms with Gasteiger partial charge >= 0.3 is 0 Å². The summed E-state index contributed by atoms with van der Waals surface area (Å²) in [6, 6.07) is 13.9. The number of H-pyrrole nitrogens is 1. The van der Waals surface area contributed by atoms with Gasteiger partial charge in [-0.15, -0.1) is 0 Å². The molecule has 1 aliphatic heterocycles. The third-order valence-corrected chi connectivity index (χ3v) is 4.71. The number of aromatic amines is 1. The van der Waals surface area contributed by atoms with E-state index in [9.17, 15) is 9.18 Å². The normalized spacial score (nSPS) is 17.5. The van der Waals surface area contributed by atoms with Gasteiger partial charge in [-0.05, 0) is 31.2 Å². The van der Waals surface area contributed by atoms with Gasteiger partial charge in [0.05, 0.1) is 5.69 Å². The quantitative estimate of drug-likeness (QED) is 0.786. The smallest absolute Gasteiger partial charge is 0.251 e. The van der Waals surface area contributed by atoms with Crippen molar-refractivity contribution in [3.8, 4) is 11.5 Å². The van der Waals surface area contributed by atoms with E-state index in [2.05, 4.69) is 19.9 Å². The van der Waals surface area contributed by atoms with Crippen molar-refractivity contribution >= 4 is 0 Å². The molecule has 0 radical (unpaired) electrons. The van der Waals surface area contributed by atoms with Gasteiger partial charge in [0, 0.05) is 36.8 Å². The Kier molecular flexibility index (Phi) is 4.58. The van der Waals surface area contributed by atoms with Crippen LogP contribution in [0.5, 0.6) is 0 Å². The Morgan fingerprint density at radius 1 is 1.19 bits per heavy atom. The Bertz CT molecular complexity index is 957. The maximum Gasteiger partial charge on any atom is 0.251 e. The van der Waals surface area contributed by atoms with Crippen molar-refractivity contribution in [2.45, 2.75) is 18.9 Å². The van der Waals surface area contributed by atoms with E-state index in [1.54, 1.807) is 18.3 Å². The molecule has 1 atom stereocenters. The summed E-state index contributed by atoms with van der Waals surface area (Å²) in [5.74, 6) is 0.467. The second-order valence-corrected chi connectivity index (χ2v) is 6.55. The molecule has 1 unspecified atom stereocenters. The molecule has 2 aromatic heterocycles. The Morgan fingerprint density at radius 3 is 2.85 bits per heavy atom. The van der Waals surface area contributed by atoms with Crippen LogP contribution >= 0.6 is 0 Å². The van der Waals surface area contributed by atoms with Gasteiger partial charge in [-0.25, -0.2) is 9.37 Å². The van der Waals surface area contributed by atoms with Crippen molar-refractivity contribution in [2.24, 2.45) is 0 Å². The molecule has 1 aliphatic rings. The number of nitrogens with zero attached hydrogens (tertiary/aromatic N) is 3. The molecule has 0 saturated carbocycles. The van der Waals surface area contributed by atoms with Crippen molar-refractivity contribution in [3.05, 3.63) is 82.2 Å². The van der Waals surface area contributed by atoms with Crippen LogP contribution in [-0.4, -0.2) is 32.9 Å². The van der Waals surface area contributed by atoms with Crippen LogP contribution in [0.3, 0.4) is 0 Å². The predicted octanol–water partition coefficient (Wildman–Crippen LogP) is 2.96. The Hall–Kier alpha value is -2.86. The Balaban J connectivity index is 1.53. The molecule has 0 amide bonds. The van der Waals surface area contributed by atoms with E-state index in [0.717, 1.165) is 25.2 Å². The van der Waals surface area contributed by atoms with Crippen LogP contribution in [0.25, 0.3) is 11.5 Å². The fourth-order valence-corrected chi connectivity index (χ4v) is 3.39. The number of halogens is 1. The van der Waals surface area contributed by atoms with Crippen LogP contribution in [0.2, 0.25) is 0 Å². The van der Waals surface area contributed by atoms with E-state index >= 15 is 0 Å². The number of aromatic nitrogens is 3. The summed E-state index contributed by atoms with van der Waals surface area (Å²) >= 11 is 0. The van der Waals surface area contributed by atoms with Gasteiger partial charge in [-0.3, -0.25) is 14.7 Å². The number of hydrogen-bond acceptors (Lipinski definition) is 4. The minimum Gasteiger partial charge on any atom is -0.305 e. The average Bonchev–Trinajstić information content (AvgIpc) is 3.13. The Morgan fingerprint density at radius 2 is 2.04 bits per heavy atom. The molecule has 4 rings (SSSR count). The van der Waals surface area contributed by atoms with Crippen LogP contribution < -0.4 is 5.56 Å². The molecule has 3 heterocycles. The standard InChI is InChI=1S/C20H19FN4O/c21-16-6-2-1-5-14(16)12-25-10-8-15(13-25)18-11-19(26)24-20(23-18)17-7-3-4-9-22-17/h1-7,9,11,15H,8,10,12-13H2,(H,23,24,26). The third-order valence-electron chi connectivity index (χ3n) is 4.71. The minimum absolute atomic E-state index is 0.159. The zero-order valence-corrected chi connectivity index (χ0v) is 14.2. The lowest BCUT2D eigenvalue weighted by atomic mass is 10.0. The van der Waals surface area contributed by atoms with Gasteiger partial charge in [0.25, 0.3) is 5.56 Å². The van der Waals surface area contributed by atoms with Crippen LogP contribution in [0.1, 0.15) is 23.6 Å². The molecule has 26 heavy (non-hydrogen) atoms. The largest absolute Gasteiger partial charge is 0.305 e. The molecule has 132 valence electrons. The molecule has 5 nitrogen and oxygen atoms in total. The fourth-order valence-electron chi connectivity index (χ4n) is 3.39. The number of likely N-dealkylation sites (tertiary alicyclic amines) is 1. The van der Waals surface area contributed by atoms with Crippen molar-refractivity contribution in [1.82, 2.24) is 19.9 Å². The highest BCUT2D eigenvalue weighted by atomic mass is 19.1.